The number of nitrogens with one attached hydrogen (secondary N) is 1. The van der Waals surface area contributed by atoms with E-state index in [2.05, 4.69) is 45.0 Å². The second kappa shape index (κ2) is 9.78. The van der Waals surface area contributed by atoms with Gasteiger partial charge in [0.05, 0.1) is 0 Å². The summed E-state index contributed by atoms with van der Waals surface area (Å²) in [6, 6.07) is 1.47. The van der Waals surface area contributed by atoms with Crippen molar-refractivity contribution in [2.45, 2.75) is 84.7 Å². The molecule has 0 radical (unpaired) electrons. The Labute approximate surface area is 127 Å². The molecule has 0 saturated heterocycles. The van der Waals surface area contributed by atoms with Gasteiger partial charge in [-0.05, 0) is 51.1 Å². The maximum absolute atomic E-state index is 3.81. The van der Waals surface area contributed by atoms with E-state index in [4.69, 9.17) is 0 Å². The molecule has 0 heterocycles. The van der Waals surface area contributed by atoms with E-state index in [0.29, 0.717) is 0 Å². The second-order valence-corrected chi connectivity index (χ2v) is 7.05. The van der Waals surface area contributed by atoms with E-state index >= 15 is 0 Å². The highest BCUT2D eigenvalue weighted by Crippen LogP contribution is 2.31. The highest BCUT2D eigenvalue weighted by Gasteiger charge is 2.32. The molecule has 0 amide bonds. The summed E-state index contributed by atoms with van der Waals surface area (Å²) in [5.74, 6) is 1.78. The number of hydrogen-bond acceptors (Lipinski definition) is 2. The summed E-state index contributed by atoms with van der Waals surface area (Å²) in [7, 11) is 2.35. The zero-order valence-corrected chi connectivity index (χ0v) is 14.6. The van der Waals surface area contributed by atoms with E-state index in [1.54, 1.807) is 0 Å². The first kappa shape index (κ1) is 18.0. The molecule has 1 aliphatic rings. The zero-order chi connectivity index (χ0) is 15.0. The van der Waals surface area contributed by atoms with Crippen molar-refractivity contribution in [3.05, 3.63) is 0 Å². The molecule has 0 aromatic carbocycles. The lowest BCUT2D eigenvalue weighted by molar-refractivity contribution is 0.103. The second-order valence-electron chi connectivity index (χ2n) is 7.05. The average molecular weight is 283 g/mol. The van der Waals surface area contributed by atoms with Crippen LogP contribution in [0, 0.1) is 11.8 Å². The van der Waals surface area contributed by atoms with Crippen LogP contribution >= 0.6 is 0 Å². The first-order valence-electron chi connectivity index (χ1n) is 9.05. The Kier molecular flexibility index (Phi) is 8.79. The zero-order valence-electron chi connectivity index (χ0n) is 14.6. The van der Waals surface area contributed by atoms with Gasteiger partial charge in [-0.2, -0.15) is 0 Å². The number of nitrogens with zero attached hydrogens (tertiary/aromatic N) is 1. The molecule has 0 aliphatic heterocycles. The van der Waals surface area contributed by atoms with Crippen LogP contribution < -0.4 is 5.32 Å². The van der Waals surface area contributed by atoms with Crippen LogP contribution in [0.15, 0.2) is 0 Å². The lowest BCUT2D eigenvalue weighted by Gasteiger charge is -2.42. The van der Waals surface area contributed by atoms with Gasteiger partial charge in [0.1, 0.15) is 0 Å². The molecule has 4 unspecified atom stereocenters. The topological polar surface area (TPSA) is 15.3 Å². The summed E-state index contributed by atoms with van der Waals surface area (Å²) >= 11 is 0. The Hall–Kier alpha value is -0.0800. The first-order valence-corrected chi connectivity index (χ1v) is 9.05. The third-order valence-corrected chi connectivity index (χ3v) is 5.14. The third-order valence-electron chi connectivity index (χ3n) is 5.14. The molecule has 0 bridgehead atoms. The molecule has 0 spiro atoms. The Morgan fingerprint density at radius 3 is 2.50 bits per heavy atom. The van der Waals surface area contributed by atoms with Crippen molar-refractivity contribution >= 4 is 0 Å². The smallest absolute Gasteiger partial charge is 0.0249 e. The summed E-state index contributed by atoms with van der Waals surface area (Å²) in [6.45, 7) is 11.7. The van der Waals surface area contributed by atoms with Crippen molar-refractivity contribution in [2.75, 3.05) is 20.1 Å². The quantitative estimate of drug-likeness (QED) is 0.678. The highest BCUT2D eigenvalue weighted by atomic mass is 15.2. The van der Waals surface area contributed by atoms with Gasteiger partial charge >= 0.3 is 0 Å². The number of hydrogen-bond donors (Lipinski definition) is 1. The summed E-state index contributed by atoms with van der Waals surface area (Å²) < 4.78 is 0. The minimum Gasteiger partial charge on any atom is -0.312 e. The third kappa shape index (κ3) is 5.73. The SMILES string of the molecule is CCCNC1CCC(CCC)CC1N(C)CC(C)CC. The summed E-state index contributed by atoms with van der Waals surface area (Å²) in [5.41, 5.74) is 0. The lowest BCUT2D eigenvalue weighted by atomic mass is 9.79. The van der Waals surface area contributed by atoms with E-state index in [1.165, 1.54) is 58.0 Å². The fourth-order valence-electron chi connectivity index (χ4n) is 3.71. The molecule has 120 valence electrons. The molecule has 2 heteroatoms. The Balaban J connectivity index is 2.59. The summed E-state index contributed by atoms with van der Waals surface area (Å²) in [6.07, 6.45) is 9.53. The highest BCUT2D eigenvalue weighted by molar-refractivity contribution is 4.90. The van der Waals surface area contributed by atoms with E-state index in [0.717, 1.165) is 23.9 Å². The first-order chi connectivity index (χ1) is 9.62. The van der Waals surface area contributed by atoms with Crippen molar-refractivity contribution in [2.24, 2.45) is 11.8 Å². The molecule has 20 heavy (non-hydrogen) atoms. The maximum atomic E-state index is 3.81. The average Bonchev–Trinajstić information content (AvgIpc) is 2.45. The van der Waals surface area contributed by atoms with Gasteiger partial charge in [-0.1, -0.05) is 47.0 Å². The van der Waals surface area contributed by atoms with Gasteiger partial charge in [0.15, 0.2) is 0 Å². The van der Waals surface area contributed by atoms with E-state index in [9.17, 15) is 0 Å². The Bertz CT molecular complexity index is 242. The van der Waals surface area contributed by atoms with E-state index in [1.807, 2.05) is 0 Å². The molecule has 1 rings (SSSR count). The van der Waals surface area contributed by atoms with Crippen LogP contribution in [0.1, 0.15) is 72.6 Å². The Morgan fingerprint density at radius 1 is 1.15 bits per heavy atom. The molecule has 1 aliphatic carbocycles. The molecular formula is C18H38N2. The molecule has 1 fully saturated rings. The van der Waals surface area contributed by atoms with Crippen LogP contribution in [-0.4, -0.2) is 37.1 Å². The summed E-state index contributed by atoms with van der Waals surface area (Å²) in [4.78, 5) is 2.66. The van der Waals surface area contributed by atoms with Crippen LogP contribution in [0.5, 0.6) is 0 Å². The van der Waals surface area contributed by atoms with Crippen LogP contribution in [-0.2, 0) is 0 Å². The van der Waals surface area contributed by atoms with E-state index < -0.39 is 0 Å². The normalized spacial score (nSPS) is 28.8. The molecule has 4 atom stereocenters. The molecule has 1 N–H and O–H groups in total. The predicted octanol–water partition coefficient (Wildman–Crippen LogP) is 4.30. The molecule has 2 nitrogen and oxygen atoms in total. The van der Waals surface area contributed by atoms with Crippen LogP contribution in [0.3, 0.4) is 0 Å². The minimum absolute atomic E-state index is 0.720. The fourth-order valence-corrected chi connectivity index (χ4v) is 3.71. The number of rotatable bonds is 9. The van der Waals surface area contributed by atoms with Gasteiger partial charge in [-0.25, -0.2) is 0 Å². The predicted molar refractivity (Wildman–Crippen MR) is 90.2 cm³/mol. The maximum Gasteiger partial charge on any atom is 0.0249 e. The molecule has 1 saturated carbocycles. The van der Waals surface area contributed by atoms with Gasteiger partial charge in [0.25, 0.3) is 0 Å². The van der Waals surface area contributed by atoms with Gasteiger partial charge in [-0.3, -0.25) is 0 Å². The van der Waals surface area contributed by atoms with Gasteiger partial charge in [0.2, 0.25) is 0 Å². The lowest BCUT2D eigenvalue weighted by Crippen LogP contribution is -2.53. The van der Waals surface area contributed by atoms with Crippen molar-refractivity contribution in [3.63, 3.8) is 0 Å². The van der Waals surface area contributed by atoms with Gasteiger partial charge in [-0.15, -0.1) is 0 Å². The van der Waals surface area contributed by atoms with Gasteiger partial charge < -0.3 is 10.2 Å². The Morgan fingerprint density at radius 2 is 1.90 bits per heavy atom. The van der Waals surface area contributed by atoms with Crippen LogP contribution in [0.2, 0.25) is 0 Å². The van der Waals surface area contributed by atoms with Crippen molar-refractivity contribution in [3.8, 4) is 0 Å². The summed E-state index contributed by atoms with van der Waals surface area (Å²) in [5, 5.41) is 3.81. The standard InChI is InChI=1S/C18H38N2/c1-6-9-16-10-11-17(19-12-7-2)18(13-16)20(5)14-15(4)8-3/h15-19H,6-14H2,1-5H3. The van der Waals surface area contributed by atoms with Crippen molar-refractivity contribution in [1.29, 1.82) is 0 Å². The van der Waals surface area contributed by atoms with Crippen molar-refractivity contribution in [1.82, 2.24) is 10.2 Å². The molecule has 0 aromatic rings. The largest absolute Gasteiger partial charge is 0.312 e. The number of likely N-dealkylation sites (N-methyl/N-ethyl adjacent to an activating group) is 1. The minimum atomic E-state index is 0.720. The van der Waals surface area contributed by atoms with Crippen LogP contribution in [0.4, 0.5) is 0 Å². The van der Waals surface area contributed by atoms with E-state index in [-0.39, 0.29) is 0 Å². The monoisotopic (exact) mass is 282 g/mol. The van der Waals surface area contributed by atoms with Crippen molar-refractivity contribution < 1.29 is 0 Å². The molecule has 0 aromatic heterocycles. The molecular weight excluding hydrogens is 244 g/mol. The van der Waals surface area contributed by atoms with Gasteiger partial charge in [0, 0.05) is 18.6 Å². The fraction of sp³-hybridized carbons (Fsp3) is 1.00. The van der Waals surface area contributed by atoms with Crippen LogP contribution in [0.25, 0.3) is 0 Å².